The van der Waals surface area contributed by atoms with Crippen molar-refractivity contribution < 1.29 is 0 Å². The third kappa shape index (κ3) is 28.7. The summed E-state index contributed by atoms with van der Waals surface area (Å²) in [6, 6.07) is 0. The van der Waals surface area contributed by atoms with Crippen LogP contribution in [0.15, 0.2) is 0 Å². The molecule has 0 N–H and O–H groups in total. The summed E-state index contributed by atoms with van der Waals surface area (Å²) in [6.07, 6.45) is 38.1. The molecule has 0 fully saturated rings. The van der Waals surface area contributed by atoms with Crippen LogP contribution in [0.25, 0.3) is 0 Å². The van der Waals surface area contributed by atoms with Crippen LogP contribution in [0, 0.1) is 0 Å². The van der Waals surface area contributed by atoms with Gasteiger partial charge in [-0.3, -0.25) is 0 Å². The maximum atomic E-state index is 4.19. The van der Waals surface area contributed by atoms with E-state index in [2.05, 4.69) is 18.6 Å². The second kappa shape index (κ2) is 29.7. The van der Waals surface area contributed by atoms with Gasteiger partial charge in [0.1, 0.15) is 0 Å². The molecule has 2 heteroatoms. The molecule has 0 amide bonds. The zero-order valence-corrected chi connectivity index (χ0v) is 22.7. The maximum absolute atomic E-state index is 4.19. The summed E-state index contributed by atoms with van der Waals surface area (Å²) in [6.45, 7) is 2.30. The average Bonchev–Trinajstić information content (AvgIpc) is 2.76. The Morgan fingerprint density at radius 1 is 0.333 bits per heavy atom. The van der Waals surface area contributed by atoms with E-state index in [9.17, 15) is 0 Å². The second-order valence-corrected chi connectivity index (χ2v) is 11.1. The number of unbranched alkanes of at least 4 members (excludes halogenated alkanes) is 25. The highest BCUT2D eigenvalue weighted by atomic mass is 33.1. The van der Waals surface area contributed by atoms with Crippen molar-refractivity contribution in [2.75, 3.05) is 5.75 Å². The fourth-order valence-electron chi connectivity index (χ4n) is 4.48. The van der Waals surface area contributed by atoms with E-state index in [0.717, 1.165) is 0 Å². The van der Waals surface area contributed by atoms with Gasteiger partial charge in [-0.05, 0) is 6.42 Å². The summed E-state index contributed by atoms with van der Waals surface area (Å²) < 4.78 is 0. The van der Waals surface area contributed by atoms with E-state index in [4.69, 9.17) is 0 Å². The van der Waals surface area contributed by atoms with Crippen LogP contribution in [-0.4, -0.2) is 5.75 Å². The molecule has 0 nitrogen and oxygen atoms in total. The molecule has 0 bridgehead atoms. The molecule has 0 aromatic heterocycles. The monoisotopic (exact) mass is 458 g/mol. The van der Waals surface area contributed by atoms with Crippen molar-refractivity contribution in [3.8, 4) is 0 Å². The van der Waals surface area contributed by atoms with Gasteiger partial charge in [-0.2, -0.15) is 0 Å². The molecule has 0 aliphatic heterocycles. The SMILES string of the molecule is CCCCCCCCCCCCCCCCCCCCCCCCCCCCSS. The van der Waals surface area contributed by atoms with Crippen molar-refractivity contribution in [3.05, 3.63) is 0 Å². The lowest BCUT2D eigenvalue weighted by Gasteiger charge is -2.04. The fourth-order valence-corrected chi connectivity index (χ4v) is 5.20. The molecule has 0 unspecified atom stereocenters. The maximum Gasteiger partial charge on any atom is 0.00345 e. The predicted octanol–water partition coefficient (Wildman–Crippen LogP) is 11.7. The summed E-state index contributed by atoms with van der Waals surface area (Å²) in [5.74, 6) is 1.22. The van der Waals surface area contributed by atoms with Gasteiger partial charge in [0.25, 0.3) is 0 Å². The summed E-state index contributed by atoms with van der Waals surface area (Å²) in [5, 5.41) is 0. The van der Waals surface area contributed by atoms with E-state index in [1.807, 2.05) is 0 Å². The Labute approximate surface area is 201 Å². The third-order valence-electron chi connectivity index (χ3n) is 6.59. The molecule has 30 heavy (non-hydrogen) atoms. The molecule has 0 aromatic carbocycles. The van der Waals surface area contributed by atoms with E-state index in [-0.39, 0.29) is 0 Å². The van der Waals surface area contributed by atoms with E-state index in [1.165, 1.54) is 173 Å². The first-order valence-electron chi connectivity index (χ1n) is 14.2. The molecule has 182 valence electrons. The number of thiol groups is 1. The first-order chi connectivity index (χ1) is 14.9. The summed E-state index contributed by atoms with van der Waals surface area (Å²) in [5.41, 5.74) is 0. The van der Waals surface area contributed by atoms with Crippen molar-refractivity contribution in [2.45, 2.75) is 174 Å². The zero-order chi connectivity index (χ0) is 21.8. The lowest BCUT2D eigenvalue weighted by atomic mass is 10.0. The number of rotatable bonds is 27. The average molecular weight is 459 g/mol. The smallest absolute Gasteiger partial charge is 0.00345 e. The molecule has 0 atom stereocenters. The first kappa shape index (κ1) is 30.7. The van der Waals surface area contributed by atoms with Crippen LogP contribution >= 0.6 is 22.5 Å². The van der Waals surface area contributed by atoms with Crippen LogP contribution in [0.1, 0.15) is 174 Å². The van der Waals surface area contributed by atoms with Crippen molar-refractivity contribution in [1.29, 1.82) is 0 Å². The molecule has 0 aliphatic rings. The Bertz CT molecular complexity index is 252. The molecule has 0 saturated heterocycles. The van der Waals surface area contributed by atoms with Crippen LogP contribution in [0.3, 0.4) is 0 Å². The minimum absolute atomic E-state index is 1.22. The molecular weight excluding hydrogens is 400 g/mol. The molecule has 0 radical (unpaired) electrons. The molecule has 0 heterocycles. The lowest BCUT2D eigenvalue weighted by Crippen LogP contribution is -1.85. The predicted molar refractivity (Wildman–Crippen MR) is 147 cm³/mol. The van der Waals surface area contributed by atoms with Crippen LogP contribution < -0.4 is 0 Å². The minimum atomic E-state index is 1.22. The summed E-state index contributed by atoms with van der Waals surface area (Å²) in [7, 11) is 1.69. The van der Waals surface area contributed by atoms with Crippen molar-refractivity contribution in [1.82, 2.24) is 0 Å². The Morgan fingerprint density at radius 3 is 0.733 bits per heavy atom. The largest absolute Gasteiger partial charge is 0.111 e. The van der Waals surface area contributed by atoms with Crippen molar-refractivity contribution in [2.24, 2.45) is 0 Å². The molecule has 0 rings (SSSR count). The van der Waals surface area contributed by atoms with Gasteiger partial charge in [0.15, 0.2) is 0 Å². The van der Waals surface area contributed by atoms with E-state index < -0.39 is 0 Å². The Hall–Kier alpha value is 0.700. The second-order valence-electron chi connectivity index (χ2n) is 9.67. The Morgan fingerprint density at radius 2 is 0.533 bits per heavy atom. The van der Waals surface area contributed by atoms with Crippen LogP contribution in [0.2, 0.25) is 0 Å². The third-order valence-corrected chi connectivity index (χ3v) is 7.61. The van der Waals surface area contributed by atoms with Gasteiger partial charge in [0.05, 0.1) is 0 Å². The van der Waals surface area contributed by atoms with Gasteiger partial charge in [-0.15, -0.1) is 11.7 Å². The molecule has 0 spiro atoms. The van der Waals surface area contributed by atoms with Gasteiger partial charge in [0, 0.05) is 5.75 Å². The highest BCUT2D eigenvalue weighted by molar-refractivity contribution is 8.68. The van der Waals surface area contributed by atoms with Crippen molar-refractivity contribution in [3.63, 3.8) is 0 Å². The standard InChI is InChI=1S/C28H58S2/c1-2-3-4-5-6-7-8-9-10-11-12-13-14-15-16-17-18-19-20-21-22-23-24-25-26-27-28-30-29/h29H,2-28H2,1H3. The van der Waals surface area contributed by atoms with Crippen molar-refractivity contribution >= 4 is 22.5 Å². The first-order valence-corrected chi connectivity index (χ1v) is 16.2. The van der Waals surface area contributed by atoms with Crippen LogP contribution in [0.5, 0.6) is 0 Å². The van der Waals surface area contributed by atoms with Crippen LogP contribution in [-0.2, 0) is 0 Å². The minimum Gasteiger partial charge on any atom is -0.111 e. The quantitative estimate of drug-likeness (QED) is 0.0725. The highest BCUT2D eigenvalue weighted by Crippen LogP contribution is 2.16. The van der Waals surface area contributed by atoms with E-state index in [0.29, 0.717) is 0 Å². The number of hydrogen-bond acceptors (Lipinski definition) is 2. The normalized spacial score (nSPS) is 11.4. The van der Waals surface area contributed by atoms with Gasteiger partial charge in [-0.25, -0.2) is 0 Å². The zero-order valence-electron chi connectivity index (χ0n) is 20.9. The molecule has 0 saturated carbocycles. The van der Waals surface area contributed by atoms with Gasteiger partial charge in [-0.1, -0.05) is 178 Å². The van der Waals surface area contributed by atoms with Gasteiger partial charge < -0.3 is 0 Å². The number of hydrogen-bond donors (Lipinski definition) is 1. The lowest BCUT2D eigenvalue weighted by molar-refractivity contribution is 0.516. The van der Waals surface area contributed by atoms with Crippen LogP contribution in [0.4, 0.5) is 0 Å². The Balaban J connectivity index is 2.97. The fraction of sp³-hybridized carbons (Fsp3) is 1.00. The topological polar surface area (TPSA) is 0 Å². The highest BCUT2D eigenvalue weighted by Gasteiger charge is 1.96. The Kier molecular flexibility index (Phi) is 30.4. The molecule has 0 aliphatic carbocycles. The van der Waals surface area contributed by atoms with E-state index in [1.54, 1.807) is 10.8 Å². The molecule has 0 aromatic rings. The van der Waals surface area contributed by atoms with Gasteiger partial charge >= 0.3 is 0 Å². The summed E-state index contributed by atoms with van der Waals surface area (Å²) >= 11 is 4.19. The molecular formula is C28H58S2. The summed E-state index contributed by atoms with van der Waals surface area (Å²) in [4.78, 5) is 0. The van der Waals surface area contributed by atoms with E-state index >= 15 is 0 Å². The van der Waals surface area contributed by atoms with Gasteiger partial charge in [0.2, 0.25) is 0 Å².